The van der Waals surface area contributed by atoms with Crippen molar-refractivity contribution in [2.45, 2.75) is 13.0 Å². The Hall–Kier alpha value is -2.60. The second-order valence-corrected chi connectivity index (χ2v) is 5.12. The van der Waals surface area contributed by atoms with Gasteiger partial charge >= 0.3 is 0 Å². The molecule has 0 saturated carbocycles. The molecule has 1 aromatic carbocycles. The summed E-state index contributed by atoms with van der Waals surface area (Å²) in [5.74, 6) is 2.67. The zero-order chi connectivity index (χ0) is 14.9. The lowest BCUT2D eigenvalue weighted by Gasteiger charge is -2.12. The van der Waals surface area contributed by atoms with Crippen LogP contribution in [-0.4, -0.2) is 23.3 Å². The van der Waals surface area contributed by atoms with Gasteiger partial charge in [0.1, 0.15) is 24.2 Å². The van der Waals surface area contributed by atoms with E-state index in [1.54, 1.807) is 6.26 Å². The third-order valence-corrected chi connectivity index (χ3v) is 3.73. The molecule has 0 aliphatic carbocycles. The Bertz CT molecular complexity index is 793. The Labute approximate surface area is 127 Å². The highest BCUT2D eigenvalue weighted by atomic mass is 16.5. The van der Waals surface area contributed by atoms with E-state index < -0.39 is 0 Å². The van der Waals surface area contributed by atoms with Crippen molar-refractivity contribution in [3.05, 3.63) is 53.8 Å². The quantitative estimate of drug-likeness (QED) is 0.784. The normalized spacial score (nSPS) is 17.6. The van der Waals surface area contributed by atoms with Crippen LogP contribution in [0.1, 0.15) is 23.3 Å². The van der Waals surface area contributed by atoms with Crippen molar-refractivity contribution in [1.82, 2.24) is 15.5 Å². The minimum absolute atomic E-state index is 0.174. The summed E-state index contributed by atoms with van der Waals surface area (Å²) in [6, 6.07) is 9.54. The molecule has 0 amide bonds. The standard InChI is InChI=1S/C16H15N3O3/c1-10-11(6-8-20-10)15-18-16(22-19-15)14-12-4-2-3-5-13(12)21-9-7-17-14/h2-6,8,14,17H,7,9H2,1H3. The molecular formula is C16H15N3O3. The van der Waals surface area contributed by atoms with Crippen LogP contribution in [0.5, 0.6) is 5.75 Å². The van der Waals surface area contributed by atoms with Gasteiger partial charge in [-0.25, -0.2) is 0 Å². The Morgan fingerprint density at radius 1 is 1.23 bits per heavy atom. The van der Waals surface area contributed by atoms with Crippen LogP contribution < -0.4 is 10.1 Å². The lowest BCUT2D eigenvalue weighted by Crippen LogP contribution is -2.24. The summed E-state index contributed by atoms with van der Waals surface area (Å²) < 4.78 is 16.5. The molecule has 1 N–H and O–H groups in total. The van der Waals surface area contributed by atoms with Gasteiger partial charge in [-0.1, -0.05) is 23.4 Å². The van der Waals surface area contributed by atoms with Gasteiger partial charge in [0.25, 0.3) is 0 Å². The second kappa shape index (κ2) is 5.31. The number of hydrogen-bond acceptors (Lipinski definition) is 6. The number of nitrogens with one attached hydrogen (secondary N) is 1. The summed E-state index contributed by atoms with van der Waals surface area (Å²) in [4.78, 5) is 4.52. The molecule has 112 valence electrons. The van der Waals surface area contributed by atoms with Crippen LogP contribution in [0.4, 0.5) is 0 Å². The average molecular weight is 297 g/mol. The van der Waals surface area contributed by atoms with Crippen LogP contribution in [0.2, 0.25) is 0 Å². The van der Waals surface area contributed by atoms with Crippen molar-refractivity contribution in [3.63, 3.8) is 0 Å². The third-order valence-electron chi connectivity index (χ3n) is 3.73. The first kappa shape index (κ1) is 13.1. The molecule has 22 heavy (non-hydrogen) atoms. The van der Waals surface area contributed by atoms with Crippen LogP contribution in [0.15, 0.2) is 45.5 Å². The average Bonchev–Trinajstić information content (AvgIpc) is 3.11. The van der Waals surface area contributed by atoms with Gasteiger partial charge in [0.15, 0.2) is 0 Å². The maximum Gasteiger partial charge on any atom is 0.248 e. The molecule has 0 bridgehead atoms. The SMILES string of the molecule is Cc1occc1-c1noc(C2NCCOc3ccccc32)n1. The number of hydrogen-bond donors (Lipinski definition) is 1. The second-order valence-electron chi connectivity index (χ2n) is 5.12. The maximum atomic E-state index is 5.73. The van der Waals surface area contributed by atoms with Crippen molar-refractivity contribution in [2.24, 2.45) is 0 Å². The van der Waals surface area contributed by atoms with E-state index in [2.05, 4.69) is 15.5 Å². The van der Waals surface area contributed by atoms with Gasteiger partial charge < -0.3 is 13.7 Å². The number of aromatic nitrogens is 2. The summed E-state index contributed by atoms with van der Waals surface area (Å²) >= 11 is 0. The van der Waals surface area contributed by atoms with E-state index in [0.29, 0.717) is 24.9 Å². The Morgan fingerprint density at radius 2 is 2.14 bits per heavy atom. The van der Waals surface area contributed by atoms with Crippen molar-refractivity contribution >= 4 is 0 Å². The van der Waals surface area contributed by atoms with Crippen molar-refractivity contribution in [2.75, 3.05) is 13.2 Å². The smallest absolute Gasteiger partial charge is 0.248 e. The van der Waals surface area contributed by atoms with Gasteiger partial charge in [-0.15, -0.1) is 0 Å². The largest absolute Gasteiger partial charge is 0.492 e. The summed E-state index contributed by atoms with van der Waals surface area (Å²) in [5.41, 5.74) is 1.84. The maximum absolute atomic E-state index is 5.73. The van der Waals surface area contributed by atoms with E-state index in [9.17, 15) is 0 Å². The zero-order valence-corrected chi connectivity index (χ0v) is 12.1. The summed E-state index contributed by atoms with van der Waals surface area (Å²) in [6.45, 7) is 3.19. The number of aryl methyl sites for hydroxylation is 1. The van der Waals surface area contributed by atoms with Gasteiger partial charge in [0.05, 0.1) is 11.8 Å². The summed E-state index contributed by atoms with van der Waals surface area (Å²) in [5, 5.41) is 7.45. The van der Waals surface area contributed by atoms with Crippen molar-refractivity contribution in [3.8, 4) is 17.1 Å². The molecule has 0 spiro atoms. The Morgan fingerprint density at radius 3 is 3.00 bits per heavy atom. The number of benzene rings is 1. The van der Waals surface area contributed by atoms with Gasteiger partial charge in [-0.3, -0.25) is 5.32 Å². The molecule has 1 unspecified atom stereocenters. The van der Waals surface area contributed by atoms with Crippen molar-refractivity contribution in [1.29, 1.82) is 0 Å². The van der Waals surface area contributed by atoms with E-state index in [4.69, 9.17) is 13.7 Å². The van der Waals surface area contributed by atoms with E-state index in [-0.39, 0.29) is 6.04 Å². The number of ether oxygens (including phenoxy) is 1. The molecule has 3 aromatic rings. The molecule has 0 fully saturated rings. The molecule has 0 saturated heterocycles. The fraction of sp³-hybridized carbons (Fsp3) is 0.250. The molecule has 6 nitrogen and oxygen atoms in total. The fourth-order valence-electron chi connectivity index (χ4n) is 2.62. The van der Waals surface area contributed by atoms with Gasteiger partial charge in [0.2, 0.25) is 11.7 Å². The van der Waals surface area contributed by atoms with E-state index in [1.165, 1.54) is 0 Å². The van der Waals surface area contributed by atoms with Gasteiger partial charge in [0, 0.05) is 12.1 Å². The Balaban J connectivity index is 1.73. The molecule has 4 rings (SSSR count). The number of nitrogens with zero attached hydrogens (tertiary/aromatic N) is 2. The Kier molecular flexibility index (Phi) is 3.16. The topological polar surface area (TPSA) is 73.3 Å². The number of para-hydroxylation sites is 1. The van der Waals surface area contributed by atoms with Crippen LogP contribution in [0.25, 0.3) is 11.4 Å². The predicted molar refractivity (Wildman–Crippen MR) is 78.5 cm³/mol. The molecule has 1 aliphatic rings. The lowest BCUT2D eigenvalue weighted by molar-refractivity contribution is 0.320. The van der Waals surface area contributed by atoms with Crippen LogP contribution >= 0.6 is 0 Å². The van der Waals surface area contributed by atoms with Crippen molar-refractivity contribution < 1.29 is 13.7 Å². The first-order chi connectivity index (χ1) is 10.8. The monoisotopic (exact) mass is 297 g/mol. The first-order valence-electron chi connectivity index (χ1n) is 7.16. The predicted octanol–water partition coefficient (Wildman–Crippen LogP) is 2.71. The third kappa shape index (κ3) is 2.17. The highest BCUT2D eigenvalue weighted by Gasteiger charge is 2.26. The molecule has 2 aromatic heterocycles. The first-order valence-corrected chi connectivity index (χ1v) is 7.16. The molecular weight excluding hydrogens is 282 g/mol. The lowest BCUT2D eigenvalue weighted by atomic mass is 10.1. The molecule has 1 atom stereocenters. The minimum atomic E-state index is -0.174. The van der Waals surface area contributed by atoms with E-state index in [1.807, 2.05) is 37.3 Å². The number of furan rings is 1. The number of fused-ring (bicyclic) bond motifs is 1. The highest BCUT2D eigenvalue weighted by molar-refractivity contribution is 5.56. The van der Waals surface area contributed by atoms with Crippen LogP contribution in [-0.2, 0) is 0 Å². The molecule has 1 aliphatic heterocycles. The van der Waals surface area contributed by atoms with E-state index >= 15 is 0 Å². The molecule has 0 radical (unpaired) electrons. The zero-order valence-electron chi connectivity index (χ0n) is 12.1. The van der Waals surface area contributed by atoms with E-state index in [0.717, 1.165) is 22.6 Å². The van der Waals surface area contributed by atoms with Crippen LogP contribution in [0, 0.1) is 6.92 Å². The minimum Gasteiger partial charge on any atom is -0.492 e. The fourth-order valence-corrected chi connectivity index (χ4v) is 2.62. The number of rotatable bonds is 2. The summed E-state index contributed by atoms with van der Waals surface area (Å²) in [6.07, 6.45) is 1.62. The molecule has 6 heteroatoms. The van der Waals surface area contributed by atoms with Gasteiger partial charge in [-0.2, -0.15) is 4.98 Å². The van der Waals surface area contributed by atoms with Gasteiger partial charge in [-0.05, 0) is 19.1 Å². The molecule has 3 heterocycles. The summed E-state index contributed by atoms with van der Waals surface area (Å²) in [7, 11) is 0. The van der Waals surface area contributed by atoms with Crippen LogP contribution in [0.3, 0.4) is 0 Å². The highest BCUT2D eigenvalue weighted by Crippen LogP contribution is 2.32.